The number of allylic oxidation sites excluding steroid dienone is 1. The molecule has 0 spiro atoms. The molecule has 2 aliphatic rings. The van der Waals surface area contributed by atoms with Crippen LogP contribution in [-0.2, 0) is 4.79 Å². The summed E-state index contributed by atoms with van der Waals surface area (Å²) in [6.07, 6.45) is 4.88. The number of nitrogen functional groups attached to an aromatic ring is 1. The third-order valence-electron chi connectivity index (χ3n) is 4.60. The lowest BCUT2D eigenvalue weighted by molar-refractivity contribution is -0.110. The summed E-state index contributed by atoms with van der Waals surface area (Å²) < 4.78 is 0. The van der Waals surface area contributed by atoms with Crippen LogP contribution in [-0.4, -0.2) is 11.9 Å². The van der Waals surface area contributed by atoms with Crippen LogP contribution in [0.4, 0.5) is 11.4 Å². The number of rotatable bonds is 2. The van der Waals surface area contributed by atoms with Crippen molar-refractivity contribution in [1.82, 2.24) is 5.32 Å². The van der Waals surface area contributed by atoms with E-state index < -0.39 is 0 Å². The fourth-order valence-corrected chi connectivity index (χ4v) is 3.34. The highest BCUT2D eigenvalue weighted by Crippen LogP contribution is 2.35. The van der Waals surface area contributed by atoms with Crippen LogP contribution in [0.1, 0.15) is 45.1 Å². The predicted octanol–water partition coefficient (Wildman–Crippen LogP) is 3.12. The molecule has 0 atom stereocenters. The number of amides is 1. The molecule has 0 aromatic heterocycles. The Labute approximate surface area is 125 Å². The quantitative estimate of drug-likeness (QED) is 0.577. The minimum absolute atomic E-state index is 0.0372. The van der Waals surface area contributed by atoms with Gasteiger partial charge < -0.3 is 16.4 Å². The average molecular weight is 285 g/mol. The van der Waals surface area contributed by atoms with Crippen LogP contribution in [0.5, 0.6) is 0 Å². The van der Waals surface area contributed by atoms with Crippen molar-refractivity contribution in [2.45, 2.75) is 45.6 Å². The third-order valence-corrected chi connectivity index (χ3v) is 4.60. The van der Waals surface area contributed by atoms with Gasteiger partial charge in [0.25, 0.3) is 5.91 Å². The molecule has 1 aromatic carbocycles. The molecule has 3 rings (SSSR count). The molecule has 0 unspecified atom stereocenters. The zero-order chi connectivity index (χ0) is 15.0. The van der Waals surface area contributed by atoms with E-state index in [9.17, 15) is 4.79 Å². The molecule has 1 aliphatic heterocycles. The summed E-state index contributed by atoms with van der Waals surface area (Å²) in [4.78, 5) is 12.2. The Balaban J connectivity index is 1.84. The van der Waals surface area contributed by atoms with Crippen molar-refractivity contribution < 1.29 is 4.79 Å². The van der Waals surface area contributed by atoms with Gasteiger partial charge in [-0.25, -0.2) is 0 Å². The van der Waals surface area contributed by atoms with Crippen molar-refractivity contribution in [3.63, 3.8) is 0 Å². The van der Waals surface area contributed by atoms with E-state index in [0.29, 0.717) is 11.7 Å². The van der Waals surface area contributed by atoms with Crippen LogP contribution >= 0.6 is 0 Å². The van der Waals surface area contributed by atoms with E-state index in [4.69, 9.17) is 5.73 Å². The van der Waals surface area contributed by atoms with Crippen molar-refractivity contribution in [1.29, 1.82) is 0 Å². The number of carbonyl (C=O) groups excluding carboxylic acids is 1. The molecule has 1 saturated carbocycles. The molecule has 1 aromatic rings. The van der Waals surface area contributed by atoms with Crippen molar-refractivity contribution in [3.8, 4) is 0 Å². The minimum Gasteiger partial charge on any atom is -0.399 e. The Morgan fingerprint density at radius 1 is 1.29 bits per heavy atom. The molecular weight excluding hydrogens is 262 g/mol. The first-order chi connectivity index (χ1) is 10.0. The lowest BCUT2D eigenvalue weighted by Crippen LogP contribution is -2.32. The Hall–Kier alpha value is -1.97. The van der Waals surface area contributed by atoms with Crippen molar-refractivity contribution in [2.75, 3.05) is 11.1 Å². The highest BCUT2D eigenvalue weighted by atomic mass is 16.2. The third kappa shape index (κ3) is 2.75. The van der Waals surface area contributed by atoms with Gasteiger partial charge in [-0.1, -0.05) is 6.92 Å². The molecule has 1 amide bonds. The van der Waals surface area contributed by atoms with Gasteiger partial charge in [-0.05, 0) is 56.7 Å². The van der Waals surface area contributed by atoms with E-state index in [1.807, 2.05) is 25.1 Å². The Morgan fingerprint density at radius 3 is 2.71 bits per heavy atom. The van der Waals surface area contributed by atoms with E-state index in [1.54, 1.807) is 0 Å². The maximum atomic E-state index is 12.2. The molecule has 0 saturated heterocycles. The van der Waals surface area contributed by atoms with Gasteiger partial charge >= 0.3 is 0 Å². The van der Waals surface area contributed by atoms with Gasteiger partial charge in [0.1, 0.15) is 0 Å². The molecular formula is C17H23N3O. The number of hydrogen-bond donors (Lipinski definition) is 3. The second-order valence-corrected chi connectivity index (χ2v) is 6.36. The van der Waals surface area contributed by atoms with Crippen LogP contribution in [0.3, 0.4) is 0 Å². The van der Waals surface area contributed by atoms with Gasteiger partial charge in [0.15, 0.2) is 0 Å². The average Bonchev–Trinajstić information content (AvgIpc) is 2.76. The largest absolute Gasteiger partial charge is 0.399 e. The summed E-state index contributed by atoms with van der Waals surface area (Å²) in [7, 11) is 0. The summed E-state index contributed by atoms with van der Waals surface area (Å²) >= 11 is 0. The summed E-state index contributed by atoms with van der Waals surface area (Å²) in [6.45, 7) is 4.30. The maximum absolute atomic E-state index is 12.2. The van der Waals surface area contributed by atoms with E-state index >= 15 is 0 Å². The lowest BCUT2D eigenvalue weighted by atomic mass is 9.87. The highest BCUT2D eigenvalue weighted by molar-refractivity contribution is 6.32. The van der Waals surface area contributed by atoms with Crippen LogP contribution in [0.25, 0.3) is 5.57 Å². The van der Waals surface area contributed by atoms with Gasteiger partial charge in [-0.3, -0.25) is 4.79 Å². The number of nitrogens with one attached hydrogen (secondary N) is 2. The minimum atomic E-state index is -0.0372. The SMILES string of the molecule is CC(NC1CCC(C)CC1)=C1C(=O)Nc2ccc(N)cc21. The van der Waals surface area contributed by atoms with Crippen LogP contribution in [0.15, 0.2) is 23.9 Å². The zero-order valence-corrected chi connectivity index (χ0v) is 12.7. The van der Waals surface area contributed by atoms with Crippen molar-refractivity contribution in [3.05, 3.63) is 29.5 Å². The number of fused-ring (bicyclic) bond motifs is 1. The number of anilines is 2. The summed E-state index contributed by atoms with van der Waals surface area (Å²) in [5.41, 5.74) is 9.99. The molecule has 0 radical (unpaired) electrons. The second kappa shape index (κ2) is 5.43. The van der Waals surface area contributed by atoms with Gasteiger partial charge in [-0.2, -0.15) is 0 Å². The van der Waals surface area contributed by atoms with E-state index in [1.165, 1.54) is 25.7 Å². The fourth-order valence-electron chi connectivity index (χ4n) is 3.34. The van der Waals surface area contributed by atoms with Gasteiger partial charge in [0.05, 0.1) is 5.57 Å². The van der Waals surface area contributed by atoms with Crippen LogP contribution in [0, 0.1) is 5.92 Å². The second-order valence-electron chi connectivity index (χ2n) is 6.36. The van der Waals surface area contributed by atoms with E-state index in [2.05, 4.69) is 17.6 Å². The Bertz CT molecular complexity index is 598. The summed E-state index contributed by atoms with van der Waals surface area (Å²) in [5, 5.41) is 6.46. The first kappa shape index (κ1) is 14.0. The monoisotopic (exact) mass is 285 g/mol. The molecule has 4 heteroatoms. The first-order valence-corrected chi connectivity index (χ1v) is 7.73. The Kier molecular flexibility index (Phi) is 3.62. The highest BCUT2D eigenvalue weighted by Gasteiger charge is 2.27. The molecule has 4 nitrogen and oxygen atoms in total. The first-order valence-electron chi connectivity index (χ1n) is 7.73. The van der Waals surface area contributed by atoms with Gasteiger partial charge in [0, 0.05) is 28.7 Å². The number of benzene rings is 1. The smallest absolute Gasteiger partial charge is 0.258 e. The van der Waals surface area contributed by atoms with Gasteiger partial charge in [-0.15, -0.1) is 0 Å². The molecule has 112 valence electrons. The molecule has 1 fully saturated rings. The molecule has 21 heavy (non-hydrogen) atoms. The normalized spacial score (nSPS) is 27.0. The van der Waals surface area contributed by atoms with E-state index in [0.717, 1.165) is 28.4 Å². The number of carbonyl (C=O) groups is 1. The molecule has 4 N–H and O–H groups in total. The zero-order valence-electron chi connectivity index (χ0n) is 12.7. The Morgan fingerprint density at radius 2 is 2.00 bits per heavy atom. The number of nitrogens with two attached hydrogens (primary N) is 1. The molecule has 0 bridgehead atoms. The standard InChI is InChI=1S/C17H23N3O/c1-10-3-6-13(7-4-10)19-11(2)16-14-9-12(18)5-8-15(14)20-17(16)21/h5,8-10,13,19H,3-4,6-7,18H2,1-2H3,(H,20,21). The van der Waals surface area contributed by atoms with Gasteiger partial charge in [0.2, 0.25) is 0 Å². The molecule has 1 aliphatic carbocycles. The maximum Gasteiger partial charge on any atom is 0.258 e. The van der Waals surface area contributed by atoms with Crippen LogP contribution in [0.2, 0.25) is 0 Å². The summed E-state index contributed by atoms with van der Waals surface area (Å²) in [6, 6.07) is 6.03. The van der Waals surface area contributed by atoms with Crippen molar-refractivity contribution in [2.24, 2.45) is 5.92 Å². The van der Waals surface area contributed by atoms with Crippen molar-refractivity contribution >= 4 is 22.9 Å². The van der Waals surface area contributed by atoms with Crippen LogP contribution < -0.4 is 16.4 Å². The number of hydrogen-bond acceptors (Lipinski definition) is 3. The fraction of sp³-hybridized carbons (Fsp3) is 0.471. The summed E-state index contributed by atoms with van der Waals surface area (Å²) in [5.74, 6) is 0.788. The predicted molar refractivity (Wildman–Crippen MR) is 86.6 cm³/mol. The lowest BCUT2D eigenvalue weighted by Gasteiger charge is -2.28. The molecule has 1 heterocycles. The topological polar surface area (TPSA) is 67.2 Å². The van der Waals surface area contributed by atoms with E-state index in [-0.39, 0.29) is 5.91 Å².